The van der Waals surface area contributed by atoms with Crippen LogP contribution in [0.25, 0.3) is 11.4 Å². The first-order valence-corrected chi connectivity index (χ1v) is 8.82. The highest BCUT2D eigenvalue weighted by Gasteiger charge is 2.13. The average molecular weight is 470 g/mol. The highest BCUT2D eigenvalue weighted by Crippen LogP contribution is 2.32. The fraction of sp³-hybridized carbons (Fsp3) is 0.176. The van der Waals surface area contributed by atoms with Gasteiger partial charge in [0.2, 0.25) is 5.82 Å². The molecule has 3 rings (SSSR count). The number of benzene rings is 2. The van der Waals surface area contributed by atoms with Gasteiger partial charge >= 0.3 is 0 Å². The molecule has 0 saturated heterocycles. The summed E-state index contributed by atoms with van der Waals surface area (Å²) < 4.78 is 23.3. The van der Waals surface area contributed by atoms with Gasteiger partial charge in [0.25, 0.3) is 5.89 Å². The molecular weight excluding hydrogens is 456 g/mol. The first-order chi connectivity index (χ1) is 12.1. The molecule has 0 aliphatic rings. The Balaban J connectivity index is 1.74. The molecule has 6 nitrogen and oxygen atoms in total. The van der Waals surface area contributed by atoms with Crippen molar-refractivity contribution in [2.24, 2.45) is 0 Å². The van der Waals surface area contributed by atoms with Gasteiger partial charge in [0.05, 0.1) is 18.7 Å². The summed E-state index contributed by atoms with van der Waals surface area (Å²) in [5, 5.41) is 3.98. The highest BCUT2D eigenvalue weighted by molar-refractivity contribution is 9.11. The predicted molar refractivity (Wildman–Crippen MR) is 99.0 cm³/mol. The van der Waals surface area contributed by atoms with Crippen LogP contribution in [0, 0.1) is 0 Å². The maximum Gasteiger partial charge on any atom is 0.264 e. The molecule has 0 amide bonds. The van der Waals surface area contributed by atoms with Crippen molar-refractivity contribution in [3.05, 3.63) is 51.2 Å². The lowest BCUT2D eigenvalue weighted by atomic mass is 10.2. The number of rotatable bonds is 6. The van der Waals surface area contributed by atoms with E-state index in [9.17, 15) is 0 Å². The maximum absolute atomic E-state index is 5.70. The van der Waals surface area contributed by atoms with Crippen molar-refractivity contribution in [2.75, 3.05) is 14.2 Å². The van der Waals surface area contributed by atoms with Gasteiger partial charge in [-0.05, 0) is 52.3 Å². The van der Waals surface area contributed by atoms with E-state index in [1.165, 1.54) is 0 Å². The van der Waals surface area contributed by atoms with E-state index in [4.69, 9.17) is 18.7 Å². The smallest absolute Gasteiger partial charge is 0.264 e. The highest BCUT2D eigenvalue weighted by atomic mass is 79.9. The van der Waals surface area contributed by atoms with E-state index in [0.29, 0.717) is 29.0 Å². The normalized spacial score (nSPS) is 10.6. The number of ether oxygens (including phenoxy) is 3. The van der Waals surface area contributed by atoms with Crippen LogP contribution >= 0.6 is 31.9 Å². The summed E-state index contributed by atoms with van der Waals surface area (Å²) in [6.45, 7) is 0.167. The zero-order chi connectivity index (χ0) is 17.8. The molecule has 3 aromatic rings. The van der Waals surface area contributed by atoms with Crippen LogP contribution in [0.2, 0.25) is 0 Å². The Hall–Kier alpha value is -2.06. The lowest BCUT2D eigenvalue weighted by Crippen LogP contribution is -1.96. The van der Waals surface area contributed by atoms with Gasteiger partial charge in [-0.15, -0.1) is 0 Å². The largest absolute Gasteiger partial charge is 0.493 e. The van der Waals surface area contributed by atoms with Crippen molar-refractivity contribution in [3.8, 4) is 28.6 Å². The van der Waals surface area contributed by atoms with Crippen molar-refractivity contribution in [3.63, 3.8) is 0 Å². The number of hydrogen-bond donors (Lipinski definition) is 0. The summed E-state index contributed by atoms with van der Waals surface area (Å²) in [4.78, 5) is 4.35. The van der Waals surface area contributed by atoms with Gasteiger partial charge in [-0.25, -0.2) is 0 Å². The van der Waals surface area contributed by atoms with Crippen molar-refractivity contribution in [1.29, 1.82) is 0 Å². The lowest BCUT2D eigenvalue weighted by Gasteiger charge is -2.07. The van der Waals surface area contributed by atoms with Gasteiger partial charge in [-0.3, -0.25) is 0 Å². The molecule has 0 aliphatic heterocycles. The van der Waals surface area contributed by atoms with Gasteiger partial charge in [-0.1, -0.05) is 21.1 Å². The second-order valence-corrected chi connectivity index (χ2v) is 6.71. The third-order valence-corrected chi connectivity index (χ3v) is 4.47. The van der Waals surface area contributed by atoms with Crippen molar-refractivity contribution in [1.82, 2.24) is 10.1 Å². The van der Waals surface area contributed by atoms with Gasteiger partial charge < -0.3 is 18.7 Å². The molecule has 1 heterocycles. The molecule has 0 spiro atoms. The molecule has 8 heteroatoms. The van der Waals surface area contributed by atoms with E-state index in [-0.39, 0.29) is 6.61 Å². The summed E-state index contributed by atoms with van der Waals surface area (Å²) in [7, 11) is 3.16. The molecule has 2 aromatic carbocycles. The van der Waals surface area contributed by atoms with Crippen LogP contribution < -0.4 is 14.2 Å². The van der Waals surface area contributed by atoms with Gasteiger partial charge in [0.15, 0.2) is 18.1 Å². The molecule has 0 unspecified atom stereocenters. The van der Waals surface area contributed by atoms with Crippen LogP contribution in [-0.4, -0.2) is 24.4 Å². The Morgan fingerprint density at radius 2 is 1.72 bits per heavy atom. The molecule has 0 radical (unpaired) electrons. The van der Waals surface area contributed by atoms with Crippen molar-refractivity contribution < 1.29 is 18.7 Å². The summed E-state index contributed by atoms with van der Waals surface area (Å²) >= 11 is 6.84. The summed E-state index contributed by atoms with van der Waals surface area (Å²) in [5.74, 6) is 2.75. The standard InChI is InChI=1S/C17H14Br2N2O4/c1-22-14-5-3-10(7-15(14)23-2)17-20-16(25-21-17)9-24-13-6-4-11(18)8-12(13)19/h3-8H,9H2,1-2H3. The second-order valence-electron chi connectivity index (χ2n) is 4.94. The lowest BCUT2D eigenvalue weighted by molar-refractivity contribution is 0.242. The fourth-order valence-electron chi connectivity index (χ4n) is 2.14. The molecule has 130 valence electrons. The fourth-order valence-corrected chi connectivity index (χ4v) is 3.30. The molecule has 25 heavy (non-hydrogen) atoms. The Morgan fingerprint density at radius 3 is 2.44 bits per heavy atom. The van der Waals surface area contributed by atoms with Gasteiger partial charge in [0, 0.05) is 10.0 Å². The minimum atomic E-state index is 0.167. The van der Waals surface area contributed by atoms with E-state index in [0.717, 1.165) is 14.5 Å². The Kier molecular flexibility index (Phi) is 5.60. The minimum absolute atomic E-state index is 0.167. The van der Waals surface area contributed by atoms with Crippen LogP contribution in [0.1, 0.15) is 5.89 Å². The number of methoxy groups -OCH3 is 2. The number of nitrogens with zero attached hydrogens (tertiary/aromatic N) is 2. The van der Waals surface area contributed by atoms with Crippen molar-refractivity contribution in [2.45, 2.75) is 6.61 Å². The molecule has 0 aliphatic carbocycles. The van der Waals surface area contributed by atoms with Gasteiger partial charge in [0.1, 0.15) is 5.75 Å². The second kappa shape index (κ2) is 7.88. The summed E-state index contributed by atoms with van der Waals surface area (Å²) in [5.41, 5.74) is 0.762. The third kappa shape index (κ3) is 4.13. The topological polar surface area (TPSA) is 66.6 Å². The third-order valence-electron chi connectivity index (χ3n) is 3.35. The van der Waals surface area contributed by atoms with E-state index >= 15 is 0 Å². The zero-order valence-corrected chi connectivity index (χ0v) is 16.6. The molecule has 0 fully saturated rings. The molecular formula is C17H14Br2N2O4. The summed E-state index contributed by atoms with van der Waals surface area (Å²) in [6.07, 6.45) is 0. The molecule has 0 saturated carbocycles. The Morgan fingerprint density at radius 1 is 0.960 bits per heavy atom. The van der Waals surface area contributed by atoms with Crippen LogP contribution in [0.5, 0.6) is 17.2 Å². The molecule has 0 atom stereocenters. The number of hydrogen-bond acceptors (Lipinski definition) is 6. The Bertz CT molecular complexity index is 883. The van der Waals surface area contributed by atoms with E-state index in [1.807, 2.05) is 24.3 Å². The van der Waals surface area contributed by atoms with Gasteiger partial charge in [-0.2, -0.15) is 4.98 Å². The maximum atomic E-state index is 5.70. The molecule has 0 bridgehead atoms. The average Bonchev–Trinajstić information content (AvgIpc) is 3.09. The predicted octanol–water partition coefficient (Wildman–Crippen LogP) is 4.86. The van der Waals surface area contributed by atoms with Crippen LogP contribution in [0.15, 0.2) is 49.9 Å². The first kappa shape index (κ1) is 17.8. The number of halogens is 2. The van der Waals surface area contributed by atoms with Crippen LogP contribution in [0.4, 0.5) is 0 Å². The monoisotopic (exact) mass is 468 g/mol. The summed E-state index contributed by atoms with van der Waals surface area (Å²) in [6, 6.07) is 11.1. The number of aromatic nitrogens is 2. The van der Waals surface area contributed by atoms with E-state index in [1.54, 1.807) is 26.4 Å². The van der Waals surface area contributed by atoms with Crippen LogP contribution in [0.3, 0.4) is 0 Å². The first-order valence-electron chi connectivity index (χ1n) is 7.23. The SMILES string of the molecule is COc1ccc(-c2noc(COc3ccc(Br)cc3Br)n2)cc1OC. The molecule has 1 aromatic heterocycles. The van der Waals surface area contributed by atoms with Crippen molar-refractivity contribution >= 4 is 31.9 Å². The van der Waals surface area contributed by atoms with E-state index < -0.39 is 0 Å². The van der Waals surface area contributed by atoms with E-state index in [2.05, 4.69) is 42.0 Å². The zero-order valence-electron chi connectivity index (χ0n) is 13.5. The quantitative estimate of drug-likeness (QED) is 0.513. The minimum Gasteiger partial charge on any atom is -0.493 e. The van der Waals surface area contributed by atoms with Crippen LogP contribution in [-0.2, 0) is 6.61 Å². The Labute approximate surface area is 161 Å². The molecule has 0 N–H and O–H groups in total.